The molecule has 1 aromatic heterocycles. The summed E-state index contributed by atoms with van der Waals surface area (Å²) in [6.07, 6.45) is 5.35. The number of amides is 4. The van der Waals surface area contributed by atoms with E-state index in [4.69, 9.17) is 0 Å². The minimum atomic E-state index is -0.0508. The Morgan fingerprint density at radius 3 is 1.97 bits per heavy atom. The number of benzene rings is 2. The van der Waals surface area contributed by atoms with E-state index in [0.717, 1.165) is 29.8 Å². The number of carbonyl (C=O) groups is 2. The number of carbonyl (C=O) groups excluding carboxylic acids is 2. The second-order valence-electron chi connectivity index (χ2n) is 8.99. The van der Waals surface area contributed by atoms with Gasteiger partial charge in [0.2, 0.25) is 0 Å². The predicted molar refractivity (Wildman–Crippen MR) is 132 cm³/mol. The molecule has 0 N–H and O–H groups in total. The highest BCUT2D eigenvalue weighted by Crippen LogP contribution is 2.34. The molecule has 0 spiro atoms. The minimum Gasteiger partial charge on any atom is -0.323 e. The quantitative estimate of drug-likeness (QED) is 0.571. The molecule has 0 radical (unpaired) electrons. The normalized spacial score (nSPS) is 19.1. The summed E-state index contributed by atoms with van der Waals surface area (Å²) in [5.74, 6) is 0. The number of hydrogen-bond acceptors (Lipinski definition) is 3. The number of hydrogen-bond donors (Lipinski definition) is 0. The Balaban J connectivity index is 1.32. The molecule has 2 aliphatic rings. The lowest BCUT2D eigenvalue weighted by atomic mass is 10.2. The fourth-order valence-electron chi connectivity index (χ4n) is 5.07. The maximum absolute atomic E-state index is 13.8. The molecule has 7 heteroatoms. The zero-order chi connectivity index (χ0) is 23.5. The summed E-state index contributed by atoms with van der Waals surface area (Å²) in [5.41, 5.74) is 2.67. The van der Waals surface area contributed by atoms with Crippen molar-refractivity contribution in [2.24, 2.45) is 0 Å². The van der Waals surface area contributed by atoms with E-state index in [9.17, 15) is 9.59 Å². The van der Waals surface area contributed by atoms with E-state index in [-0.39, 0.29) is 24.1 Å². The van der Waals surface area contributed by atoms with Crippen LogP contribution in [0.25, 0.3) is 0 Å². The van der Waals surface area contributed by atoms with Crippen LogP contribution in [0.15, 0.2) is 85.2 Å². The standard InChI is InChI=1S/C27H29N5O2/c1-29(18-21-9-8-16-28-17-21)26(33)32-24-14-15-25(32)20-30(19-24)27(34)31(22-10-4-2-5-11-22)23-12-6-3-7-13-23/h2-13,16-17,24-25H,14-15,18-20H2,1H3/t24-,25+. The van der Waals surface area contributed by atoms with Gasteiger partial charge in [-0.1, -0.05) is 42.5 Å². The minimum absolute atomic E-state index is 0.0198. The fourth-order valence-corrected chi connectivity index (χ4v) is 5.07. The Morgan fingerprint density at radius 1 is 0.853 bits per heavy atom. The van der Waals surface area contributed by atoms with Gasteiger partial charge in [0.05, 0.1) is 23.5 Å². The molecular formula is C27H29N5O2. The van der Waals surface area contributed by atoms with Gasteiger partial charge in [-0.15, -0.1) is 0 Å². The summed E-state index contributed by atoms with van der Waals surface area (Å²) in [5, 5.41) is 0. The third kappa shape index (κ3) is 4.33. The molecule has 174 valence electrons. The summed E-state index contributed by atoms with van der Waals surface area (Å²) in [7, 11) is 1.83. The third-order valence-corrected chi connectivity index (χ3v) is 6.66. The van der Waals surface area contributed by atoms with Gasteiger partial charge in [0.15, 0.2) is 0 Å². The van der Waals surface area contributed by atoms with E-state index in [2.05, 4.69) is 4.98 Å². The number of anilines is 2. The number of para-hydroxylation sites is 2. The van der Waals surface area contributed by atoms with Crippen molar-refractivity contribution in [3.8, 4) is 0 Å². The monoisotopic (exact) mass is 455 g/mol. The number of urea groups is 2. The molecule has 4 amide bonds. The molecule has 5 rings (SSSR count). The van der Waals surface area contributed by atoms with Gasteiger partial charge < -0.3 is 14.7 Å². The Kier molecular flexibility index (Phi) is 6.16. The number of piperazine rings is 1. The first kappa shape index (κ1) is 21.9. The van der Waals surface area contributed by atoms with Crippen LogP contribution >= 0.6 is 0 Å². The van der Waals surface area contributed by atoms with Crippen molar-refractivity contribution in [1.82, 2.24) is 19.7 Å². The van der Waals surface area contributed by atoms with Crippen LogP contribution in [-0.4, -0.2) is 64.0 Å². The Labute approximate surface area is 200 Å². The first-order valence-corrected chi connectivity index (χ1v) is 11.7. The van der Waals surface area contributed by atoms with E-state index in [1.54, 1.807) is 22.2 Å². The lowest BCUT2D eigenvalue weighted by molar-refractivity contribution is 0.0854. The highest BCUT2D eigenvalue weighted by atomic mass is 16.2. The van der Waals surface area contributed by atoms with Crippen LogP contribution in [0, 0.1) is 0 Å². The lowest BCUT2D eigenvalue weighted by Crippen LogP contribution is -2.60. The molecule has 7 nitrogen and oxygen atoms in total. The maximum atomic E-state index is 13.8. The van der Waals surface area contributed by atoms with Crippen molar-refractivity contribution >= 4 is 23.4 Å². The highest BCUT2D eigenvalue weighted by molar-refractivity contribution is 5.99. The van der Waals surface area contributed by atoms with E-state index in [0.29, 0.717) is 19.6 Å². The fraction of sp³-hybridized carbons (Fsp3) is 0.296. The van der Waals surface area contributed by atoms with E-state index in [1.807, 2.05) is 89.6 Å². The van der Waals surface area contributed by atoms with Crippen molar-refractivity contribution < 1.29 is 9.59 Å². The van der Waals surface area contributed by atoms with Crippen LogP contribution in [0.3, 0.4) is 0 Å². The lowest BCUT2D eigenvalue weighted by Gasteiger charge is -2.43. The highest BCUT2D eigenvalue weighted by Gasteiger charge is 2.45. The van der Waals surface area contributed by atoms with Crippen LogP contribution < -0.4 is 4.90 Å². The molecule has 2 bridgehead atoms. The van der Waals surface area contributed by atoms with Gasteiger partial charge in [-0.25, -0.2) is 9.59 Å². The molecule has 3 aromatic rings. The van der Waals surface area contributed by atoms with E-state index >= 15 is 0 Å². The first-order chi connectivity index (χ1) is 16.6. The summed E-state index contributed by atoms with van der Waals surface area (Å²) >= 11 is 0. The second-order valence-corrected chi connectivity index (χ2v) is 8.99. The van der Waals surface area contributed by atoms with Crippen molar-refractivity contribution in [3.05, 3.63) is 90.8 Å². The SMILES string of the molecule is CN(Cc1cccnc1)C(=O)N1[C@@H]2CC[C@H]1CN(C(=O)N(c1ccccc1)c1ccccc1)C2. The van der Waals surface area contributed by atoms with Crippen LogP contribution in [0.4, 0.5) is 21.0 Å². The second kappa shape index (κ2) is 9.55. The molecule has 2 atom stereocenters. The number of nitrogens with zero attached hydrogens (tertiary/aromatic N) is 5. The zero-order valence-electron chi connectivity index (χ0n) is 19.3. The number of pyridine rings is 1. The molecule has 2 fully saturated rings. The molecule has 2 aliphatic heterocycles. The van der Waals surface area contributed by atoms with Gasteiger partial charge in [0, 0.05) is 39.1 Å². The smallest absolute Gasteiger partial charge is 0.323 e. The molecule has 0 aliphatic carbocycles. The first-order valence-electron chi connectivity index (χ1n) is 11.7. The Bertz CT molecular complexity index is 1070. The number of fused-ring (bicyclic) bond motifs is 2. The van der Waals surface area contributed by atoms with Gasteiger partial charge in [-0.05, 0) is 48.7 Å². The maximum Gasteiger partial charge on any atom is 0.329 e. The van der Waals surface area contributed by atoms with Gasteiger partial charge >= 0.3 is 12.1 Å². The largest absolute Gasteiger partial charge is 0.329 e. The number of likely N-dealkylation sites (tertiary alicyclic amines) is 1. The summed E-state index contributed by atoms with van der Waals surface area (Å²) in [6, 6.07) is 23.3. The summed E-state index contributed by atoms with van der Waals surface area (Å²) in [6.45, 7) is 1.59. The topological polar surface area (TPSA) is 60.0 Å². The van der Waals surface area contributed by atoms with Crippen LogP contribution in [0.5, 0.6) is 0 Å². The Morgan fingerprint density at radius 2 is 1.44 bits per heavy atom. The molecule has 34 heavy (non-hydrogen) atoms. The Hall–Kier alpha value is -3.87. The van der Waals surface area contributed by atoms with Gasteiger partial charge in [0.25, 0.3) is 0 Å². The molecule has 2 saturated heterocycles. The van der Waals surface area contributed by atoms with Crippen molar-refractivity contribution in [2.75, 3.05) is 25.0 Å². The van der Waals surface area contributed by atoms with Crippen molar-refractivity contribution in [1.29, 1.82) is 0 Å². The molecule has 0 unspecified atom stereocenters. The predicted octanol–water partition coefficient (Wildman–Crippen LogP) is 4.74. The van der Waals surface area contributed by atoms with Gasteiger partial charge in [-0.2, -0.15) is 0 Å². The molecular weight excluding hydrogens is 426 g/mol. The average molecular weight is 456 g/mol. The van der Waals surface area contributed by atoms with Gasteiger partial charge in [0.1, 0.15) is 0 Å². The summed E-state index contributed by atoms with van der Waals surface area (Å²) < 4.78 is 0. The molecule has 0 saturated carbocycles. The molecule has 3 heterocycles. The number of rotatable bonds is 4. The van der Waals surface area contributed by atoms with Crippen molar-refractivity contribution in [2.45, 2.75) is 31.5 Å². The molecule has 2 aromatic carbocycles. The van der Waals surface area contributed by atoms with Crippen LogP contribution in [-0.2, 0) is 6.54 Å². The average Bonchev–Trinajstić information content (AvgIpc) is 3.14. The van der Waals surface area contributed by atoms with E-state index in [1.165, 1.54) is 0 Å². The number of aromatic nitrogens is 1. The van der Waals surface area contributed by atoms with Crippen LogP contribution in [0.2, 0.25) is 0 Å². The van der Waals surface area contributed by atoms with E-state index < -0.39 is 0 Å². The summed E-state index contributed by atoms with van der Waals surface area (Å²) in [4.78, 5) is 38.7. The van der Waals surface area contributed by atoms with Crippen LogP contribution in [0.1, 0.15) is 18.4 Å². The zero-order valence-corrected chi connectivity index (χ0v) is 19.3. The third-order valence-electron chi connectivity index (χ3n) is 6.66. The van der Waals surface area contributed by atoms with Crippen molar-refractivity contribution in [3.63, 3.8) is 0 Å². The van der Waals surface area contributed by atoms with Gasteiger partial charge in [-0.3, -0.25) is 9.88 Å².